The zero-order chi connectivity index (χ0) is 23.6. The second kappa shape index (κ2) is 7.78. The molecule has 3 aliphatic carbocycles. The number of amides is 3. The average molecular weight is 450 g/mol. The van der Waals surface area contributed by atoms with Gasteiger partial charge in [-0.15, -0.1) is 4.58 Å². The number of nitrogens with zero attached hydrogens (tertiary/aromatic N) is 1. The molecule has 5 atom stereocenters. The molecule has 4 aliphatic rings. The Morgan fingerprint density at radius 3 is 2.52 bits per heavy atom. The van der Waals surface area contributed by atoms with Gasteiger partial charge in [0.15, 0.2) is 0 Å². The van der Waals surface area contributed by atoms with Crippen LogP contribution in [0.3, 0.4) is 0 Å². The lowest BCUT2D eigenvalue weighted by Crippen LogP contribution is -2.57. The summed E-state index contributed by atoms with van der Waals surface area (Å²) in [5, 5.41) is 3.13. The summed E-state index contributed by atoms with van der Waals surface area (Å²) >= 11 is 0. The Kier molecular flexibility index (Phi) is 5.38. The van der Waals surface area contributed by atoms with E-state index in [9.17, 15) is 9.59 Å². The quantitative estimate of drug-likeness (QED) is 0.473. The molecular weight excluding hydrogens is 408 g/mol. The van der Waals surface area contributed by atoms with Crippen molar-refractivity contribution < 1.29 is 14.2 Å². The maximum atomic E-state index is 13.6. The van der Waals surface area contributed by atoms with Crippen LogP contribution >= 0.6 is 0 Å². The number of hydrogen-bond acceptors (Lipinski definition) is 2. The lowest BCUT2D eigenvalue weighted by Gasteiger charge is -2.56. The fraction of sp³-hybridized carbons (Fsp3) is 0.690. The van der Waals surface area contributed by atoms with E-state index < -0.39 is 0 Å². The van der Waals surface area contributed by atoms with Gasteiger partial charge in [0.25, 0.3) is 0 Å². The molecule has 0 radical (unpaired) electrons. The van der Waals surface area contributed by atoms with Gasteiger partial charge in [0.1, 0.15) is 5.69 Å². The molecule has 0 unspecified atom stereocenters. The van der Waals surface area contributed by atoms with Crippen LogP contribution in [0.15, 0.2) is 24.3 Å². The molecular formula is C29H41N2O2+. The first-order valence-electron chi connectivity index (χ1n) is 13.1. The van der Waals surface area contributed by atoms with Crippen LogP contribution in [0.1, 0.15) is 98.0 Å². The highest BCUT2D eigenvalue weighted by atomic mass is 16.2. The van der Waals surface area contributed by atoms with Gasteiger partial charge in [-0.25, -0.2) is 10.1 Å². The van der Waals surface area contributed by atoms with E-state index in [0.717, 1.165) is 48.1 Å². The second-order valence-electron chi connectivity index (χ2n) is 12.8. The third-order valence-electron chi connectivity index (χ3n) is 9.97. The van der Waals surface area contributed by atoms with Gasteiger partial charge in [-0.3, -0.25) is 0 Å². The number of rotatable bonds is 1. The molecule has 1 aromatic rings. The highest BCUT2D eigenvalue weighted by molar-refractivity contribution is 6.02. The summed E-state index contributed by atoms with van der Waals surface area (Å²) < 4.78 is 1.56. The van der Waals surface area contributed by atoms with Crippen molar-refractivity contribution in [3.05, 3.63) is 29.8 Å². The summed E-state index contributed by atoms with van der Waals surface area (Å²) in [6, 6.07) is 7.71. The van der Waals surface area contributed by atoms with Crippen LogP contribution in [-0.2, 0) is 10.2 Å². The zero-order valence-corrected chi connectivity index (χ0v) is 21.2. The number of imide groups is 1. The Hall–Kier alpha value is -1.97. The van der Waals surface area contributed by atoms with Crippen LogP contribution in [-0.4, -0.2) is 22.2 Å². The van der Waals surface area contributed by atoms with Crippen LogP contribution in [0.4, 0.5) is 10.5 Å². The fourth-order valence-electron chi connectivity index (χ4n) is 8.26. The first-order valence-corrected chi connectivity index (χ1v) is 13.1. The predicted molar refractivity (Wildman–Crippen MR) is 133 cm³/mol. The number of urea groups is 1. The molecule has 0 spiro atoms. The smallest absolute Gasteiger partial charge is 0.246 e. The number of nitrogens with one attached hydrogen (secondary N) is 1. The van der Waals surface area contributed by atoms with Crippen molar-refractivity contribution in [2.75, 3.05) is 5.32 Å². The SMILES string of the molecule is CC(C)(C)c1ccccc1NC(=O)[N+]1=C2CC[C@H]3[C@@H]4CCC[C@@]4(C)CC[C@@H]3[C@@]2(C)CCC1=O. The number of hydrogen-bond donors (Lipinski definition) is 1. The van der Waals surface area contributed by atoms with Crippen molar-refractivity contribution in [3.8, 4) is 0 Å². The van der Waals surface area contributed by atoms with Crippen molar-refractivity contribution in [3.63, 3.8) is 0 Å². The number of carbonyl (C=O) groups excluding carboxylic acids is 2. The fourth-order valence-corrected chi connectivity index (χ4v) is 8.26. The molecule has 1 N–H and O–H groups in total. The molecule has 1 aromatic carbocycles. The van der Waals surface area contributed by atoms with Crippen molar-refractivity contribution in [2.45, 2.75) is 97.8 Å². The largest absolute Gasteiger partial charge is 0.503 e. The van der Waals surface area contributed by atoms with Crippen LogP contribution in [0.2, 0.25) is 0 Å². The van der Waals surface area contributed by atoms with Crippen molar-refractivity contribution >= 4 is 23.3 Å². The van der Waals surface area contributed by atoms with E-state index in [4.69, 9.17) is 0 Å². The number of anilines is 1. The van der Waals surface area contributed by atoms with E-state index >= 15 is 0 Å². The molecule has 3 fully saturated rings. The van der Waals surface area contributed by atoms with E-state index in [0.29, 0.717) is 17.8 Å². The van der Waals surface area contributed by atoms with Crippen molar-refractivity contribution in [1.82, 2.24) is 0 Å². The second-order valence-corrected chi connectivity index (χ2v) is 12.8. The minimum atomic E-state index is -0.266. The minimum Gasteiger partial charge on any atom is -0.246 e. The highest BCUT2D eigenvalue weighted by Crippen LogP contribution is 2.63. The van der Waals surface area contributed by atoms with Gasteiger partial charge in [0, 0.05) is 17.4 Å². The molecule has 3 saturated carbocycles. The number of fused-ring (bicyclic) bond motifs is 5. The number of carbonyl (C=O) groups is 2. The lowest BCUT2D eigenvalue weighted by molar-refractivity contribution is -0.369. The van der Waals surface area contributed by atoms with Gasteiger partial charge < -0.3 is 0 Å². The lowest BCUT2D eigenvalue weighted by atomic mass is 9.48. The first kappa shape index (κ1) is 22.8. The molecule has 4 nitrogen and oxygen atoms in total. The Labute approximate surface area is 199 Å². The van der Waals surface area contributed by atoms with E-state index in [2.05, 4.69) is 46.0 Å². The summed E-state index contributed by atoms with van der Waals surface area (Å²) in [5.41, 5.74) is 3.38. The predicted octanol–water partition coefficient (Wildman–Crippen LogP) is 6.92. The van der Waals surface area contributed by atoms with Gasteiger partial charge >= 0.3 is 11.9 Å². The standard InChI is InChI=1S/C29H40N2O2/c1-27(2,3)22-9-6-7-11-23(22)30-26(33)31-24-13-12-19-20-10-8-16-28(20,4)17-14-21(19)29(24,5)18-15-25(31)32/h6-7,9,11,19-21H,8,10,12-18H2,1-5H3/p+1/t19-,20-,21-,28-,29+/m0/s1. The molecule has 0 saturated heterocycles. The molecule has 3 amide bonds. The van der Waals surface area contributed by atoms with Gasteiger partial charge in [0.05, 0.1) is 12.1 Å². The Morgan fingerprint density at radius 1 is 1.00 bits per heavy atom. The van der Waals surface area contributed by atoms with Gasteiger partial charge in [0.2, 0.25) is 0 Å². The first-order chi connectivity index (χ1) is 15.5. The van der Waals surface area contributed by atoms with Crippen LogP contribution in [0.5, 0.6) is 0 Å². The molecule has 0 aromatic heterocycles. The summed E-state index contributed by atoms with van der Waals surface area (Å²) in [6.07, 6.45) is 10.1. The highest BCUT2D eigenvalue weighted by Gasteiger charge is 2.59. The summed E-state index contributed by atoms with van der Waals surface area (Å²) in [7, 11) is 0. The maximum absolute atomic E-state index is 13.6. The number of para-hydroxylation sites is 1. The van der Waals surface area contributed by atoms with Crippen molar-refractivity contribution in [1.29, 1.82) is 0 Å². The van der Waals surface area contributed by atoms with E-state index in [1.54, 1.807) is 4.58 Å². The maximum Gasteiger partial charge on any atom is 0.503 e. The molecule has 1 aliphatic heterocycles. The summed E-state index contributed by atoms with van der Waals surface area (Å²) in [6.45, 7) is 11.3. The average Bonchev–Trinajstić information content (AvgIpc) is 3.15. The van der Waals surface area contributed by atoms with E-state index in [-0.39, 0.29) is 22.8 Å². The zero-order valence-electron chi connectivity index (χ0n) is 21.2. The Morgan fingerprint density at radius 2 is 1.76 bits per heavy atom. The molecule has 33 heavy (non-hydrogen) atoms. The number of benzene rings is 1. The Balaban J connectivity index is 1.49. The summed E-state index contributed by atoms with van der Waals surface area (Å²) in [5.74, 6) is 2.14. The van der Waals surface area contributed by atoms with Gasteiger partial charge in [-0.05, 0) is 73.2 Å². The third-order valence-corrected chi connectivity index (χ3v) is 9.97. The Bertz CT molecular complexity index is 1020. The van der Waals surface area contributed by atoms with E-state index in [1.807, 2.05) is 18.2 Å². The topological polar surface area (TPSA) is 49.2 Å². The van der Waals surface area contributed by atoms with E-state index in [1.165, 1.54) is 32.1 Å². The van der Waals surface area contributed by atoms with Crippen molar-refractivity contribution in [2.24, 2.45) is 28.6 Å². The van der Waals surface area contributed by atoms with Crippen LogP contribution in [0, 0.1) is 28.6 Å². The van der Waals surface area contributed by atoms with Crippen LogP contribution in [0.25, 0.3) is 0 Å². The normalized spacial score (nSPS) is 36.2. The minimum absolute atomic E-state index is 0.0341. The van der Waals surface area contributed by atoms with Crippen LogP contribution < -0.4 is 5.32 Å². The van der Waals surface area contributed by atoms with Gasteiger partial charge in [-0.1, -0.05) is 59.2 Å². The summed E-state index contributed by atoms with van der Waals surface area (Å²) in [4.78, 5) is 26.8. The monoisotopic (exact) mass is 449 g/mol. The molecule has 4 heteroatoms. The van der Waals surface area contributed by atoms with Gasteiger partial charge in [-0.2, -0.15) is 4.79 Å². The molecule has 5 rings (SSSR count). The third kappa shape index (κ3) is 3.59. The molecule has 0 bridgehead atoms. The molecule has 178 valence electrons. The molecule has 1 heterocycles.